The molecule has 2 N–H and O–H groups in total. The fourth-order valence-corrected chi connectivity index (χ4v) is 3.93. The van der Waals surface area contributed by atoms with Gasteiger partial charge in [-0.2, -0.15) is 11.8 Å². The van der Waals surface area contributed by atoms with Crippen molar-refractivity contribution in [3.63, 3.8) is 0 Å². The molecule has 6 heteroatoms. The van der Waals surface area contributed by atoms with Crippen LogP contribution >= 0.6 is 24.2 Å². The Balaban J connectivity index is 0.00000180. The lowest BCUT2D eigenvalue weighted by atomic mass is 9.78. The molecular weight excluding hydrogens is 284 g/mol. The van der Waals surface area contributed by atoms with E-state index in [4.69, 9.17) is 10.5 Å². The highest BCUT2D eigenvalue weighted by Crippen LogP contribution is 2.33. The van der Waals surface area contributed by atoms with Crippen LogP contribution in [0.4, 0.5) is 0 Å². The van der Waals surface area contributed by atoms with E-state index < -0.39 is 0 Å². The number of halogens is 1. The third-order valence-corrected chi connectivity index (χ3v) is 5.55. The SMILES string of the molecule is CCC1CN(C(=O)C2(CN)CCOCC2)CCS1.Cl. The van der Waals surface area contributed by atoms with E-state index in [9.17, 15) is 4.79 Å². The third-order valence-electron chi connectivity index (χ3n) is 4.18. The molecule has 0 spiro atoms. The van der Waals surface area contributed by atoms with Crippen molar-refractivity contribution >= 4 is 30.1 Å². The summed E-state index contributed by atoms with van der Waals surface area (Å²) >= 11 is 1.99. The molecule has 19 heavy (non-hydrogen) atoms. The summed E-state index contributed by atoms with van der Waals surface area (Å²) in [6, 6.07) is 0. The lowest BCUT2D eigenvalue weighted by Gasteiger charge is -2.41. The number of nitrogens with zero attached hydrogens (tertiary/aromatic N) is 1. The summed E-state index contributed by atoms with van der Waals surface area (Å²) in [5.41, 5.74) is 5.56. The fourth-order valence-electron chi connectivity index (χ4n) is 2.75. The Hall–Kier alpha value is 0.0300. The zero-order valence-corrected chi connectivity index (χ0v) is 13.2. The van der Waals surface area contributed by atoms with Crippen molar-refractivity contribution in [2.75, 3.05) is 38.6 Å². The van der Waals surface area contributed by atoms with E-state index in [1.54, 1.807) is 0 Å². The van der Waals surface area contributed by atoms with E-state index in [0.717, 1.165) is 38.1 Å². The van der Waals surface area contributed by atoms with Crippen molar-refractivity contribution in [1.29, 1.82) is 0 Å². The normalized spacial score (nSPS) is 26.6. The van der Waals surface area contributed by atoms with Gasteiger partial charge in [-0.3, -0.25) is 4.79 Å². The first-order valence-electron chi connectivity index (χ1n) is 6.90. The summed E-state index contributed by atoms with van der Waals surface area (Å²) in [7, 11) is 0. The summed E-state index contributed by atoms with van der Waals surface area (Å²) in [5.74, 6) is 1.33. The largest absolute Gasteiger partial charge is 0.381 e. The standard InChI is InChI=1S/C13H24N2O2S.ClH/c1-2-11-9-15(5-8-18-11)12(16)13(10-14)3-6-17-7-4-13;/h11H,2-10,14H2,1H3;1H. The van der Waals surface area contributed by atoms with Crippen molar-refractivity contribution in [3.05, 3.63) is 0 Å². The second-order valence-electron chi connectivity index (χ2n) is 5.25. The van der Waals surface area contributed by atoms with Gasteiger partial charge in [-0.05, 0) is 19.3 Å². The van der Waals surface area contributed by atoms with Gasteiger partial charge in [0.15, 0.2) is 0 Å². The average Bonchev–Trinajstić information content (AvgIpc) is 2.47. The Morgan fingerprint density at radius 1 is 1.47 bits per heavy atom. The summed E-state index contributed by atoms with van der Waals surface area (Å²) in [6.07, 6.45) is 2.69. The lowest BCUT2D eigenvalue weighted by Crippen LogP contribution is -2.53. The molecule has 112 valence electrons. The molecule has 0 aromatic rings. The van der Waals surface area contributed by atoms with Crippen molar-refractivity contribution < 1.29 is 9.53 Å². The van der Waals surface area contributed by atoms with Gasteiger partial charge in [0.1, 0.15) is 0 Å². The molecule has 0 aromatic heterocycles. The van der Waals surface area contributed by atoms with Crippen LogP contribution in [-0.2, 0) is 9.53 Å². The van der Waals surface area contributed by atoms with Crippen molar-refractivity contribution in [2.45, 2.75) is 31.4 Å². The molecule has 0 bridgehead atoms. The van der Waals surface area contributed by atoms with Crippen LogP contribution in [0.2, 0.25) is 0 Å². The van der Waals surface area contributed by atoms with Crippen LogP contribution in [-0.4, -0.2) is 54.7 Å². The minimum absolute atomic E-state index is 0. The maximum Gasteiger partial charge on any atom is 0.230 e. The summed E-state index contributed by atoms with van der Waals surface area (Å²) in [5, 5.41) is 0.595. The molecule has 2 aliphatic heterocycles. The van der Waals surface area contributed by atoms with E-state index in [2.05, 4.69) is 6.92 Å². The fraction of sp³-hybridized carbons (Fsp3) is 0.923. The number of carbonyl (C=O) groups is 1. The van der Waals surface area contributed by atoms with Crippen molar-refractivity contribution in [1.82, 2.24) is 4.90 Å². The average molecular weight is 309 g/mol. The number of ether oxygens (including phenoxy) is 1. The molecule has 0 radical (unpaired) electrons. The van der Waals surface area contributed by atoms with Gasteiger partial charge in [-0.15, -0.1) is 12.4 Å². The highest BCUT2D eigenvalue weighted by molar-refractivity contribution is 8.00. The minimum atomic E-state index is -0.349. The molecule has 2 heterocycles. The summed E-state index contributed by atoms with van der Waals surface area (Å²) in [6.45, 7) is 5.76. The number of amides is 1. The number of hydrogen-bond donors (Lipinski definition) is 1. The first-order valence-corrected chi connectivity index (χ1v) is 7.95. The topological polar surface area (TPSA) is 55.6 Å². The molecule has 0 aliphatic carbocycles. The van der Waals surface area contributed by atoms with Crippen molar-refractivity contribution in [2.24, 2.45) is 11.1 Å². The van der Waals surface area contributed by atoms with Crippen molar-refractivity contribution in [3.8, 4) is 0 Å². The zero-order valence-electron chi connectivity index (χ0n) is 11.6. The second kappa shape index (κ2) is 7.72. The Bertz CT molecular complexity index is 298. The smallest absolute Gasteiger partial charge is 0.230 e. The molecule has 1 amide bonds. The molecule has 1 atom stereocenters. The minimum Gasteiger partial charge on any atom is -0.381 e. The molecule has 2 fully saturated rings. The maximum absolute atomic E-state index is 12.7. The third kappa shape index (κ3) is 3.78. The predicted molar refractivity (Wildman–Crippen MR) is 81.9 cm³/mol. The first kappa shape index (κ1) is 17.1. The molecule has 2 rings (SSSR count). The van der Waals surface area contributed by atoms with E-state index in [1.165, 1.54) is 0 Å². The van der Waals surface area contributed by atoms with Crippen LogP contribution in [0.25, 0.3) is 0 Å². The number of nitrogens with two attached hydrogens (primary N) is 1. The Labute approximate surface area is 126 Å². The van der Waals surface area contributed by atoms with Crippen LogP contribution in [0.3, 0.4) is 0 Å². The van der Waals surface area contributed by atoms with Crippen LogP contribution in [0.1, 0.15) is 26.2 Å². The first-order chi connectivity index (χ1) is 8.72. The zero-order chi connectivity index (χ0) is 13.0. The predicted octanol–water partition coefficient (Wildman–Crippen LogP) is 1.52. The van der Waals surface area contributed by atoms with Gasteiger partial charge in [-0.1, -0.05) is 6.92 Å². The molecule has 2 aliphatic rings. The second-order valence-corrected chi connectivity index (χ2v) is 6.66. The molecule has 0 saturated carbocycles. The van der Waals surface area contributed by atoms with E-state index in [1.807, 2.05) is 16.7 Å². The Morgan fingerprint density at radius 2 is 2.16 bits per heavy atom. The highest BCUT2D eigenvalue weighted by atomic mass is 35.5. The maximum atomic E-state index is 12.7. The molecule has 4 nitrogen and oxygen atoms in total. The quantitative estimate of drug-likeness (QED) is 0.859. The summed E-state index contributed by atoms with van der Waals surface area (Å²) < 4.78 is 5.38. The van der Waals surface area contributed by atoms with E-state index >= 15 is 0 Å². The van der Waals surface area contributed by atoms with Gasteiger partial charge in [0, 0.05) is 43.9 Å². The number of thioether (sulfide) groups is 1. The van der Waals surface area contributed by atoms with Gasteiger partial charge < -0.3 is 15.4 Å². The van der Waals surface area contributed by atoms with E-state index in [0.29, 0.717) is 25.0 Å². The Morgan fingerprint density at radius 3 is 2.74 bits per heavy atom. The highest BCUT2D eigenvalue weighted by Gasteiger charge is 2.42. The lowest BCUT2D eigenvalue weighted by molar-refractivity contribution is -0.147. The van der Waals surface area contributed by atoms with Crippen LogP contribution in [0.5, 0.6) is 0 Å². The monoisotopic (exact) mass is 308 g/mol. The van der Waals surface area contributed by atoms with Gasteiger partial charge in [0.2, 0.25) is 5.91 Å². The van der Waals surface area contributed by atoms with Crippen LogP contribution < -0.4 is 5.73 Å². The number of rotatable bonds is 3. The van der Waals surface area contributed by atoms with Gasteiger partial charge in [-0.25, -0.2) is 0 Å². The molecular formula is C13H25ClN2O2S. The molecule has 1 unspecified atom stereocenters. The van der Waals surface area contributed by atoms with Crippen LogP contribution in [0.15, 0.2) is 0 Å². The number of carbonyl (C=O) groups excluding carboxylic acids is 1. The van der Waals surface area contributed by atoms with Gasteiger partial charge >= 0.3 is 0 Å². The Kier molecular flexibility index (Phi) is 6.94. The van der Waals surface area contributed by atoms with E-state index in [-0.39, 0.29) is 23.7 Å². The number of hydrogen-bond acceptors (Lipinski definition) is 4. The van der Waals surface area contributed by atoms with Gasteiger partial charge in [0.05, 0.1) is 5.41 Å². The molecule has 2 saturated heterocycles. The van der Waals surface area contributed by atoms with Crippen LogP contribution in [0, 0.1) is 5.41 Å². The summed E-state index contributed by atoms with van der Waals surface area (Å²) in [4.78, 5) is 14.8. The molecule has 0 aromatic carbocycles. The van der Waals surface area contributed by atoms with Gasteiger partial charge in [0.25, 0.3) is 0 Å².